The monoisotopic (exact) mass is 355 g/mol. The molecule has 0 radical (unpaired) electrons. The van der Waals surface area contributed by atoms with Gasteiger partial charge in [-0.15, -0.1) is 0 Å². The number of nitrogens with zero attached hydrogens (tertiary/aromatic N) is 1. The van der Waals surface area contributed by atoms with Crippen LogP contribution in [-0.4, -0.2) is 36.7 Å². The molecule has 0 saturated carbocycles. The van der Waals surface area contributed by atoms with E-state index in [0.717, 1.165) is 24.2 Å². The van der Waals surface area contributed by atoms with Gasteiger partial charge in [0.2, 0.25) is 0 Å². The van der Waals surface area contributed by atoms with E-state index in [1.807, 2.05) is 31.2 Å². The van der Waals surface area contributed by atoms with Gasteiger partial charge in [-0.3, -0.25) is 4.79 Å². The third kappa shape index (κ3) is 3.96. The lowest BCUT2D eigenvalue weighted by molar-refractivity contribution is -0.121. The maximum Gasteiger partial charge on any atom is 0.335 e. The summed E-state index contributed by atoms with van der Waals surface area (Å²) < 4.78 is 11.2. The zero-order chi connectivity index (χ0) is 18.5. The van der Waals surface area contributed by atoms with Gasteiger partial charge in [0.25, 0.3) is 5.91 Å². The van der Waals surface area contributed by atoms with Crippen LogP contribution in [0.1, 0.15) is 28.8 Å². The van der Waals surface area contributed by atoms with Crippen molar-refractivity contribution < 1.29 is 24.2 Å². The number of para-hydroxylation sites is 1. The van der Waals surface area contributed by atoms with E-state index < -0.39 is 5.97 Å². The van der Waals surface area contributed by atoms with Crippen LogP contribution in [0.5, 0.6) is 11.5 Å². The Morgan fingerprint density at radius 1 is 1.23 bits per heavy atom. The number of carboxylic acid groups (broad SMARTS) is 1. The number of rotatable bonds is 7. The summed E-state index contributed by atoms with van der Waals surface area (Å²) in [6.45, 7) is 3.03. The number of carbonyl (C=O) groups is 2. The third-order valence-electron chi connectivity index (χ3n) is 4.28. The van der Waals surface area contributed by atoms with Gasteiger partial charge >= 0.3 is 5.97 Å². The van der Waals surface area contributed by atoms with Crippen molar-refractivity contribution >= 4 is 17.6 Å². The Morgan fingerprint density at radius 2 is 2.04 bits per heavy atom. The van der Waals surface area contributed by atoms with Crippen LogP contribution in [0.2, 0.25) is 0 Å². The first-order valence-corrected chi connectivity index (χ1v) is 8.55. The number of carboxylic acids is 1. The Hall–Kier alpha value is -3.02. The summed E-state index contributed by atoms with van der Waals surface area (Å²) in [4.78, 5) is 25.0. The van der Waals surface area contributed by atoms with Crippen molar-refractivity contribution in [2.75, 3.05) is 24.7 Å². The molecule has 0 aliphatic carbocycles. The molecule has 0 spiro atoms. The molecule has 3 rings (SSSR count). The van der Waals surface area contributed by atoms with Crippen molar-refractivity contribution in [2.45, 2.75) is 19.8 Å². The number of fused-ring (bicyclic) bond motifs is 1. The topological polar surface area (TPSA) is 76.1 Å². The van der Waals surface area contributed by atoms with Crippen molar-refractivity contribution in [1.29, 1.82) is 0 Å². The van der Waals surface area contributed by atoms with Gasteiger partial charge in [-0.05, 0) is 49.6 Å². The van der Waals surface area contributed by atoms with Crippen molar-refractivity contribution in [2.24, 2.45) is 0 Å². The molecule has 1 heterocycles. The summed E-state index contributed by atoms with van der Waals surface area (Å²) in [5.74, 6) is 0.203. The van der Waals surface area contributed by atoms with Crippen molar-refractivity contribution in [3.63, 3.8) is 0 Å². The largest absolute Gasteiger partial charge is 0.493 e. The number of aryl methyl sites for hydroxylation is 1. The molecule has 26 heavy (non-hydrogen) atoms. The number of amides is 1. The van der Waals surface area contributed by atoms with Gasteiger partial charge in [0.15, 0.2) is 6.61 Å². The van der Waals surface area contributed by atoms with E-state index in [0.29, 0.717) is 24.6 Å². The van der Waals surface area contributed by atoms with Crippen LogP contribution in [0.15, 0.2) is 42.5 Å². The van der Waals surface area contributed by atoms with E-state index in [4.69, 9.17) is 14.6 Å². The second-order valence-corrected chi connectivity index (χ2v) is 6.14. The van der Waals surface area contributed by atoms with Gasteiger partial charge in [-0.2, -0.15) is 0 Å². The fourth-order valence-corrected chi connectivity index (χ4v) is 2.85. The lowest BCUT2D eigenvalue weighted by Gasteiger charge is -2.29. The third-order valence-corrected chi connectivity index (χ3v) is 4.28. The fourth-order valence-electron chi connectivity index (χ4n) is 2.85. The molecule has 0 unspecified atom stereocenters. The lowest BCUT2D eigenvalue weighted by Crippen LogP contribution is -2.39. The van der Waals surface area contributed by atoms with Gasteiger partial charge in [-0.1, -0.05) is 18.2 Å². The van der Waals surface area contributed by atoms with Crippen LogP contribution in [0.4, 0.5) is 5.69 Å². The minimum Gasteiger partial charge on any atom is -0.493 e. The number of anilines is 1. The first-order valence-electron chi connectivity index (χ1n) is 8.55. The first-order chi connectivity index (χ1) is 12.6. The zero-order valence-corrected chi connectivity index (χ0v) is 14.6. The highest BCUT2D eigenvalue weighted by atomic mass is 16.5. The molecule has 6 nitrogen and oxygen atoms in total. The van der Waals surface area contributed by atoms with Crippen LogP contribution < -0.4 is 14.4 Å². The van der Waals surface area contributed by atoms with E-state index >= 15 is 0 Å². The van der Waals surface area contributed by atoms with Gasteiger partial charge in [0, 0.05) is 6.54 Å². The number of ether oxygens (including phenoxy) is 2. The maximum absolute atomic E-state index is 12.2. The average molecular weight is 355 g/mol. The fraction of sp³-hybridized carbons (Fsp3) is 0.300. The number of aromatic carboxylic acids is 1. The van der Waals surface area contributed by atoms with E-state index in [-0.39, 0.29) is 18.1 Å². The highest BCUT2D eigenvalue weighted by Crippen LogP contribution is 2.33. The highest BCUT2D eigenvalue weighted by Gasteiger charge is 2.26. The molecular formula is C20H21NO5. The predicted octanol–water partition coefficient (Wildman–Crippen LogP) is 3.28. The predicted molar refractivity (Wildman–Crippen MR) is 97.2 cm³/mol. The van der Waals surface area contributed by atoms with E-state index in [2.05, 4.69) is 0 Å². The van der Waals surface area contributed by atoms with Crippen LogP contribution in [-0.2, 0) is 4.79 Å². The summed E-state index contributed by atoms with van der Waals surface area (Å²) in [7, 11) is 0. The first kappa shape index (κ1) is 17.8. The summed E-state index contributed by atoms with van der Waals surface area (Å²) in [5.41, 5.74) is 1.74. The summed E-state index contributed by atoms with van der Waals surface area (Å²) in [5, 5.41) is 9.15. The maximum atomic E-state index is 12.2. The molecule has 1 N–H and O–H groups in total. The van der Waals surface area contributed by atoms with Crippen LogP contribution in [0, 0.1) is 6.92 Å². The molecule has 0 fully saturated rings. The zero-order valence-electron chi connectivity index (χ0n) is 14.6. The standard InChI is InChI=1S/C20H21NO5/c1-14-6-2-3-7-17(14)25-11-5-4-10-21-16-12-15(20(23)24)8-9-18(16)26-13-19(21)22/h2-3,6-9,12H,4-5,10-11,13H2,1H3,(H,23,24). The SMILES string of the molecule is Cc1ccccc1OCCCCN1C(=O)COc2ccc(C(=O)O)cc21. The van der Waals surface area contributed by atoms with E-state index in [1.54, 1.807) is 11.0 Å². The van der Waals surface area contributed by atoms with Crippen LogP contribution in [0.25, 0.3) is 0 Å². The Balaban J connectivity index is 1.58. The van der Waals surface area contributed by atoms with Crippen LogP contribution >= 0.6 is 0 Å². The highest BCUT2D eigenvalue weighted by molar-refractivity contribution is 5.99. The molecule has 2 aromatic rings. The van der Waals surface area contributed by atoms with E-state index in [1.165, 1.54) is 12.1 Å². The number of unbranched alkanes of at least 4 members (excludes halogenated alkanes) is 1. The number of carbonyl (C=O) groups excluding carboxylic acids is 1. The van der Waals surface area contributed by atoms with Crippen molar-refractivity contribution in [1.82, 2.24) is 0 Å². The molecular weight excluding hydrogens is 334 g/mol. The number of hydrogen-bond donors (Lipinski definition) is 1. The Bertz CT molecular complexity index is 818. The second kappa shape index (κ2) is 7.91. The van der Waals surface area contributed by atoms with Gasteiger partial charge < -0.3 is 19.5 Å². The van der Waals surface area contributed by atoms with E-state index in [9.17, 15) is 9.59 Å². The minimum absolute atomic E-state index is 0.0286. The Labute approximate surface area is 152 Å². The van der Waals surface area contributed by atoms with Gasteiger partial charge in [-0.25, -0.2) is 4.79 Å². The number of benzene rings is 2. The Kier molecular flexibility index (Phi) is 5.41. The second-order valence-electron chi connectivity index (χ2n) is 6.14. The van der Waals surface area contributed by atoms with Crippen molar-refractivity contribution in [3.8, 4) is 11.5 Å². The quantitative estimate of drug-likeness (QED) is 0.772. The van der Waals surface area contributed by atoms with Gasteiger partial charge in [0.05, 0.1) is 17.9 Å². The molecule has 6 heteroatoms. The molecule has 1 aliphatic heterocycles. The minimum atomic E-state index is -1.03. The molecule has 136 valence electrons. The van der Waals surface area contributed by atoms with Crippen LogP contribution in [0.3, 0.4) is 0 Å². The molecule has 0 bridgehead atoms. The lowest BCUT2D eigenvalue weighted by atomic mass is 10.1. The summed E-state index contributed by atoms with van der Waals surface area (Å²) in [6, 6.07) is 12.4. The molecule has 1 amide bonds. The molecule has 0 aromatic heterocycles. The molecule has 0 atom stereocenters. The molecule has 1 aliphatic rings. The summed E-state index contributed by atoms with van der Waals surface area (Å²) >= 11 is 0. The van der Waals surface area contributed by atoms with Crippen molar-refractivity contribution in [3.05, 3.63) is 53.6 Å². The summed E-state index contributed by atoms with van der Waals surface area (Å²) in [6.07, 6.45) is 1.53. The normalized spacial score (nSPS) is 13.1. The average Bonchev–Trinajstić information content (AvgIpc) is 2.64. The number of hydrogen-bond acceptors (Lipinski definition) is 4. The molecule has 2 aromatic carbocycles. The molecule has 0 saturated heterocycles. The smallest absolute Gasteiger partial charge is 0.335 e. The van der Waals surface area contributed by atoms with Gasteiger partial charge in [0.1, 0.15) is 11.5 Å². The Morgan fingerprint density at radius 3 is 2.81 bits per heavy atom.